The van der Waals surface area contributed by atoms with Crippen molar-refractivity contribution >= 4 is 29.1 Å². The zero-order valence-corrected chi connectivity index (χ0v) is 22.5. The van der Waals surface area contributed by atoms with Crippen LogP contribution >= 0.6 is 0 Å². The number of ketones is 3. The van der Waals surface area contributed by atoms with Gasteiger partial charge in [-0.3, -0.25) is 19.2 Å². The van der Waals surface area contributed by atoms with Crippen molar-refractivity contribution < 1.29 is 32.7 Å². The number of esters is 1. The molecule has 1 aliphatic rings. The van der Waals surface area contributed by atoms with Crippen LogP contribution in [-0.2, 0) is 14.3 Å². The molecular weight excluding hydrogens is 514 g/mol. The Labute approximate surface area is 232 Å². The first-order valence-electron chi connectivity index (χ1n) is 13.3. The Morgan fingerprint density at radius 2 is 1.18 bits per heavy atom. The van der Waals surface area contributed by atoms with E-state index in [-0.39, 0.29) is 41.4 Å². The first-order chi connectivity index (χ1) is 19.2. The molecule has 0 N–H and O–H groups in total. The second kappa shape index (κ2) is 15.4. The number of rotatable bonds is 11. The van der Waals surface area contributed by atoms with E-state index in [1.807, 2.05) is 25.1 Å². The molecule has 40 heavy (non-hydrogen) atoms. The lowest BCUT2D eigenvalue weighted by Crippen LogP contribution is -2.07. The first-order valence-corrected chi connectivity index (χ1v) is 13.3. The van der Waals surface area contributed by atoms with Gasteiger partial charge in [0.2, 0.25) is 0 Å². The Morgan fingerprint density at radius 3 is 1.68 bits per heavy atom. The number of halogens is 2. The molecule has 0 saturated heterocycles. The van der Waals surface area contributed by atoms with E-state index in [2.05, 4.69) is 0 Å². The Bertz CT molecular complexity index is 1280. The van der Waals surface area contributed by atoms with Crippen LogP contribution in [0.1, 0.15) is 83.2 Å². The van der Waals surface area contributed by atoms with Gasteiger partial charge in [-0.15, -0.1) is 0 Å². The number of ether oxygens (including phenoxy) is 1. The molecule has 0 fully saturated rings. The van der Waals surface area contributed by atoms with E-state index in [4.69, 9.17) is 4.74 Å². The van der Waals surface area contributed by atoms with E-state index in [1.165, 1.54) is 36.4 Å². The summed E-state index contributed by atoms with van der Waals surface area (Å²) in [4.78, 5) is 46.9. The molecule has 0 radical (unpaired) electrons. The predicted molar refractivity (Wildman–Crippen MR) is 149 cm³/mol. The van der Waals surface area contributed by atoms with E-state index in [0.717, 1.165) is 11.1 Å². The predicted octanol–water partition coefficient (Wildman–Crippen LogP) is 7.61. The number of allylic oxidation sites excluding steroid dienone is 1. The minimum atomic E-state index is -0.378. The highest BCUT2D eigenvalue weighted by Crippen LogP contribution is 2.22. The third-order valence-electron chi connectivity index (χ3n) is 6.29. The third kappa shape index (κ3) is 10.1. The summed E-state index contributed by atoms with van der Waals surface area (Å²) in [5.74, 6) is -0.355. The van der Waals surface area contributed by atoms with Gasteiger partial charge in [-0.2, -0.15) is 0 Å². The van der Waals surface area contributed by atoms with Gasteiger partial charge >= 0.3 is 5.97 Å². The van der Waals surface area contributed by atoms with Crippen LogP contribution < -0.4 is 0 Å². The van der Waals surface area contributed by atoms with Gasteiger partial charge < -0.3 is 4.74 Å². The lowest BCUT2D eigenvalue weighted by molar-refractivity contribution is -0.137. The molecular formula is C33H32F2O5. The van der Waals surface area contributed by atoms with Gasteiger partial charge in [-0.1, -0.05) is 29.8 Å². The smallest absolute Gasteiger partial charge is 0.311 e. The topological polar surface area (TPSA) is 77.5 Å². The van der Waals surface area contributed by atoms with Crippen LogP contribution in [0, 0.1) is 18.6 Å². The molecule has 1 aliphatic heterocycles. The Kier molecular flexibility index (Phi) is 11.6. The van der Waals surface area contributed by atoms with Gasteiger partial charge in [0.05, 0.1) is 0 Å². The van der Waals surface area contributed by atoms with E-state index in [9.17, 15) is 28.0 Å². The standard InChI is InChI=1S/C22H23FO3.C11H9FO2/c1-16-8-10-17(11-9-16)21(25)6-2-4-20(24)5-3-7-22(26)18-12-14-19(23)15-13-18;12-9-6-4-8(5-7-9)10-2-1-3-11(13)14-10/h8-15H,2-7H2,1H3;2,4-7H,1,3H2. The molecule has 0 aromatic heterocycles. The average Bonchev–Trinajstić information content (AvgIpc) is 2.94. The average molecular weight is 547 g/mol. The Morgan fingerprint density at radius 1 is 0.700 bits per heavy atom. The molecule has 4 rings (SSSR count). The molecule has 0 unspecified atom stereocenters. The molecule has 3 aromatic rings. The second-order valence-electron chi connectivity index (χ2n) is 9.55. The van der Waals surface area contributed by atoms with Crippen molar-refractivity contribution in [2.45, 2.75) is 58.3 Å². The first kappa shape index (κ1) is 30.3. The van der Waals surface area contributed by atoms with Crippen molar-refractivity contribution in [3.05, 3.63) is 113 Å². The molecule has 0 amide bonds. The van der Waals surface area contributed by atoms with Crippen LogP contribution in [0.15, 0.2) is 78.9 Å². The number of carbonyl (C=O) groups excluding carboxylic acids is 4. The summed E-state index contributed by atoms with van der Waals surface area (Å²) in [5.41, 5.74) is 2.97. The number of hydrogen-bond acceptors (Lipinski definition) is 5. The van der Waals surface area contributed by atoms with Gasteiger partial charge in [0, 0.05) is 48.8 Å². The Balaban J connectivity index is 0.000000263. The summed E-state index contributed by atoms with van der Waals surface area (Å²) in [5, 5.41) is 0. The minimum Gasteiger partial charge on any atom is -0.426 e. The largest absolute Gasteiger partial charge is 0.426 e. The third-order valence-corrected chi connectivity index (χ3v) is 6.29. The maximum Gasteiger partial charge on any atom is 0.311 e. The summed E-state index contributed by atoms with van der Waals surface area (Å²) < 4.78 is 30.4. The maximum absolute atomic E-state index is 12.8. The van der Waals surface area contributed by atoms with Crippen molar-refractivity contribution in [1.82, 2.24) is 0 Å². The number of aryl methyl sites for hydroxylation is 1. The van der Waals surface area contributed by atoms with Gasteiger partial charge in [0.25, 0.3) is 0 Å². The SMILES string of the molecule is Cc1ccc(C(=O)CCCC(=O)CCCC(=O)c2ccc(F)cc2)cc1.O=C1CCC=C(c2ccc(F)cc2)O1. The summed E-state index contributed by atoms with van der Waals surface area (Å²) in [6.07, 6.45) is 5.24. The van der Waals surface area contributed by atoms with Gasteiger partial charge in [0.1, 0.15) is 23.2 Å². The number of carbonyl (C=O) groups is 4. The van der Waals surface area contributed by atoms with Crippen molar-refractivity contribution in [3.8, 4) is 0 Å². The zero-order chi connectivity index (χ0) is 28.9. The quantitative estimate of drug-likeness (QED) is 0.183. The van der Waals surface area contributed by atoms with Crippen LogP contribution in [0.25, 0.3) is 5.76 Å². The van der Waals surface area contributed by atoms with Crippen LogP contribution in [-0.4, -0.2) is 23.3 Å². The summed E-state index contributed by atoms with van der Waals surface area (Å²) in [6.45, 7) is 1.97. The molecule has 1 heterocycles. The highest BCUT2D eigenvalue weighted by Gasteiger charge is 2.14. The van der Waals surface area contributed by atoms with Crippen molar-refractivity contribution in [2.75, 3.05) is 0 Å². The fourth-order valence-electron chi connectivity index (χ4n) is 4.01. The van der Waals surface area contributed by atoms with E-state index >= 15 is 0 Å². The lowest BCUT2D eigenvalue weighted by atomic mass is 10.0. The highest BCUT2D eigenvalue weighted by atomic mass is 19.1. The molecule has 0 atom stereocenters. The second-order valence-corrected chi connectivity index (χ2v) is 9.55. The van der Waals surface area contributed by atoms with E-state index < -0.39 is 0 Å². The summed E-state index contributed by atoms with van der Waals surface area (Å²) in [6, 6.07) is 18.7. The number of hydrogen-bond donors (Lipinski definition) is 0. The number of cyclic esters (lactones) is 1. The lowest BCUT2D eigenvalue weighted by Gasteiger charge is -2.12. The minimum absolute atomic E-state index is 0.0456. The molecule has 208 valence electrons. The molecule has 0 bridgehead atoms. The summed E-state index contributed by atoms with van der Waals surface area (Å²) in [7, 11) is 0. The molecule has 7 heteroatoms. The zero-order valence-electron chi connectivity index (χ0n) is 22.5. The van der Waals surface area contributed by atoms with E-state index in [1.54, 1.807) is 24.3 Å². The fourth-order valence-corrected chi connectivity index (χ4v) is 4.01. The molecule has 3 aromatic carbocycles. The monoisotopic (exact) mass is 546 g/mol. The van der Waals surface area contributed by atoms with E-state index in [0.29, 0.717) is 61.8 Å². The van der Waals surface area contributed by atoms with Crippen LogP contribution in [0.3, 0.4) is 0 Å². The highest BCUT2D eigenvalue weighted by molar-refractivity contribution is 5.97. The molecule has 0 saturated carbocycles. The van der Waals surface area contributed by atoms with Crippen LogP contribution in [0.4, 0.5) is 8.78 Å². The molecule has 0 spiro atoms. The summed E-state index contributed by atoms with van der Waals surface area (Å²) >= 11 is 0. The van der Waals surface area contributed by atoms with Gasteiger partial charge in [-0.05, 0) is 80.8 Å². The van der Waals surface area contributed by atoms with Gasteiger partial charge in [0.15, 0.2) is 11.6 Å². The molecule has 0 aliphatic carbocycles. The number of benzene rings is 3. The number of Topliss-reactive ketones (excluding diaryl/α,β-unsaturated/α-hetero) is 3. The van der Waals surface area contributed by atoms with Gasteiger partial charge in [-0.25, -0.2) is 8.78 Å². The van der Waals surface area contributed by atoms with Crippen molar-refractivity contribution in [3.63, 3.8) is 0 Å². The normalized spacial score (nSPS) is 12.5. The van der Waals surface area contributed by atoms with Crippen molar-refractivity contribution in [2.24, 2.45) is 0 Å². The van der Waals surface area contributed by atoms with Crippen LogP contribution in [0.5, 0.6) is 0 Å². The fraction of sp³-hybridized carbons (Fsp3) is 0.273. The maximum atomic E-state index is 12.8. The molecule has 5 nitrogen and oxygen atoms in total. The van der Waals surface area contributed by atoms with Crippen LogP contribution in [0.2, 0.25) is 0 Å². The van der Waals surface area contributed by atoms with Crippen molar-refractivity contribution in [1.29, 1.82) is 0 Å². The Hall–Kier alpha value is -4.26.